The van der Waals surface area contributed by atoms with Gasteiger partial charge in [-0.2, -0.15) is 0 Å². The molecule has 4 aromatic carbocycles. The third-order valence-corrected chi connectivity index (χ3v) is 8.37. The molecule has 1 aliphatic heterocycles. The molecule has 0 bridgehead atoms. The highest BCUT2D eigenvalue weighted by molar-refractivity contribution is 8.00. The highest BCUT2D eigenvalue weighted by Crippen LogP contribution is 2.45. The Morgan fingerprint density at radius 3 is 2.25 bits per heavy atom. The van der Waals surface area contributed by atoms with Crippen molar-refractivity contribution in [3.63, 3.8) is 0 Å². The van der Waals surface area contributed by atoms with E-state index in [0.29, 0.717) is 23.6 Å². The van der Waals surface area contributed by atoms with Gasteiger partial charge in [0, 0.05) is 17.8 Å². The number of thioether (sulfide) groups is 1. The van der Waals surface area contributed by atoms with Crippen LogP contribution in [0, 0.1) is 0 Å². The number of ether oxygens (including phenoxy) is 1. The van der Waals surface area contributed by atoms with E-state index < -0.39 is 0 Å². The van der Waals surface area contributed by atoms with E-state index in [1.807, 2.05) is 94.7 Å². The average molecular weight is 551 g/mol. The van der Waals surface area contributed by atoms with Crippen LogP contribution in [0.4, 0.5) is 11.4 Å². The monoisotopic (exact) mass is 550 g/mol. The van der Waals surface area contributed by atoms with Gasteiger partial charge in [-0.25, -0.2) is 0 Å². The third-order valence-electron chi connectivity index (χ3n) is 7.16. The van der Waals surface area contributed by atoms with Gasteiger partial charge in [0.2, 0.25) is 5.91 Å². The summed E-state index contributed by atoms with van der Waals surface area (Å²) in [5.74, 6) is 1.14. The molecule has 1 heterocycles. The van der Waals surface area contributed by atoms with Crippen LogP contribution < -0.4 is 14.5 Å². The molecule has 0 radical (unpaired) electrons. The lowest BCUT2D eigenvalue weighted by Crippen LogP contribution is -2.32. The minimum Gasteiger partial charge on any atom is -0.495 e. The SMILES string of the molecule is COc1ccccc1N1C(=O)CSC1c1ccc(N(CCCCCc2ccccc2)C(=O)c2ccccc2)cc1. The van der Waals surface area contributed by atoms with Gasteiger partial charge in [-0.05, 0) is 66.8 Å². The van der Waals surface area contributed by atoms with Crippen LogP contribution in [0.15, 0.2) is 109 Å². The van der Waals surface area contributed by atoms with Gasteiger partial charge in [-0.15, -0.1) is 11.8 Å². The summed E-state index contributed by atoms with van der Waals surface area (Å²) in [6.07, 6.45) is 4.09. The van der Waals surface area contributed by atoms with Gasteiger partial charge in [0.1, 0.15) is 11.1 Å². The molecule has 0 aromatic heterocycles. The number of amides is 2. The van der Waals surface area contributed by atoms with Crippen molar-refractivity contribution in [2.75, 3.05) is 29.2 Å². The number of methoxy groups -OCH3 is 1. The van der Waals surface area contributed by atoms with Crippen LogP contribution in [0.2, 0.25) is 0 Å². The fourth-order valence-electron chi connectivity index (χ4n) is 5.08. The van der Waals surface area contributed by atoms with Crippen molar-refractivity contribution in [1.29, 1.82) is 0 Å². The summed E-state index contributed by atoms with van der Waals surface area (Å²) in [6, 6.07) is 35.7. The van der Waals surface area contributed by atoms with Crippen LogP contribution in [-0.2, 0) is 11.2 Å². The standard InChI is InChI=1S/C34H34N2O3S/c1-39-31-19-11-10-18-30(31)36-32(37)25-40-34(36)28-20-22-29(23-21-28)35(33(38)27-16-8-3-9-17-27)24-12-4-7-15-26-13-5-2-6-14-26/h2-3,5-6,8-11,13-14,16-23,34H,4,7,12,15,24-25H2,1H3. The zero-order valence-corrected chi connectivity index (χ0v) is 23.6. The number of rotatable bonds is 11. The second-order valence-electron chi connectivity index (χ2n) is 9.81. The lowest BCUT2D eigenvalue weighted by molar-refractivity contribution is -0.115. The number of aryl methyl sites for hydroxylation is 1. The van der Waals surface area contributed by atoms with Gasteiger partial charge < -0.3 is 9.64 Å². The summed E-state index contributed by atoms with van der Waals surface area (Å²) in [5, 5.41) is -0.158. The van der Waals surface area contributed by atoms with Crippen molar-refractivity contribution in [2.45, 2.75) is 31.1 Å². The Labute approximate surface area is 240 Å². The quantitative estimate of drug-likeness (QED) is 0.181. The van der Waals surface area contributed by atoms with Crippen LogP contribution in [-0.4, -0.2) is 31.2 Å². The van der Waals surface area contributed by atoms with Crippen LogP contribution in [0.3, 0.4) is 0 Å². The molecule has 5 rings (SSSR count). The predicted molar refractivity (Wildman–Crippen MR) is 164 cm³/mol. The Balaban J connectivity index is 1.32. The Kier molecular flexibility index (Phi) is 9.19. The molecule has 1 unspecified atom stereocenters. The first-order valence-electron chi connectivity index (χ1n) is 13.7. The average Bonchev–Trinajstić information content (AvgIpc) is 3.40. The first kappa shape index (κ1) is 27.5. The van der Waals surface area contributed by atoms with E-state index in [1.54, 1.807) is 18.9 Å². The van der Waals surface area contributed by atoms with E-state index in [9.17, 15) is 9.59 Å². The van der Waals surface area contributed by atoms with Crippen molar-refractivity contribution >= 4 is 35.0 Å². The summed E-state index contributed by atoms with van der Waals surface area (Å²) in [5.41, 5.74) is 4.67. The second-order valence-corrected chi connectivity index (χ2v) is 10.9. The number of unbranched alkanes of at least 4 members (excludes halogenated alkanes) is 2. The summed E-state index contributed by atoms with van der Waals surface area (Å²) in [7, 11) is 1.62. The van der Waals surface area contributed by atoms with Crippen molar-refractivity contribution in [3.05, 3.63) is 126 Å². The van der Waals surface area contributed by atoms with E-state index in [-0.39, 0.29) is 17.2 Å². The normalized spacial score (nSPS) is 14.8. The summed E-state index contributed by atoms with van der Waals surface area (Å²) < 4.78 is 5.54. The molecule has 40 heavy (non-hydrogen) atoms. The van der Waals surface area contributed by atoms with Crippen molar-refractivity contribution < 1.29 is 14.3 Å². The maximum atomic E-state index is 13.6. The minimum atomic E-state index is -0.158. The summed E-state index contributed by atoms with van der Waals surface area (Å²) in [4.78, 5) is 30.2. The lowest BCUT2D eigenvalue weighted by atomic mass is 10.1. The zero-order valence-electron chi connectivity index (χ0n) is 22.7. The molecule has 204 valence electrons. The molecule has 6 heteroatoms. The maximum absolute atomic E-state index is 13.6. The molecular formula is C34H34N2O3S. The number of benzene rings is 4. The highest BCUT2D eigenvalue weighted by Gasteiger charge is 2.35. The number of para-hydroxylation sites is 2. The molecule has 0 spiro atoms. The molecule has 1 atom stereocenters. The maximum Gasteiger partial charge on any atom is 0.258 e. The number of carbonyl (C=O) groups excluding carboxylic acids is 2. The fraction of sp³-hybridized carbons (Fsp3) is 0.235. The van der Waals surface area contributed by atoms with Gasteiger partial charge in [0.15, 0.2) is 0 Å². The molecule has 4 aromatic rings. The van der Waals surface area contributed by atoms with Crippen LogP contribution in [0.5, 0.6) is 5.75 Å². The van der Waals surface area contributed by atoms with E-state index in [4.69, 9.17) is 4.74 Å². The van der Waals surface area contributed by atoms with E-state index in [2.05, 4.69) is 24.3 Å². The Bertz CT molecular complexity index is 1410. The number of nitrogens with zero attached hydrogens (tertiary/aromatic N) is 2. The fourth-order valence-corrected chi connectivity index (χ4v) is 6.25. The van der Waals surface area contributed by atoms with Crippen molar-refractivity contribution in [2.24, 2.45) is 0 Å². The summed E-state index contributed by atoms with van der Waals surface area (Å²) in [6.45, 7) is 0.645. The Morgan fingerprint density at radius 2 is 1.52 bits per heavy atom. The topological polar surface area (TPSA) is 49.9 Å². The van der Waals surface area contributed by atoms with Gasteiger partial charge >= 0.3 is 0 Å². The van der Waals surface area contributed by atoms with Crippen molar-refractivity contribution in [1.82, 2.24) is 0 Å². The Morgan fingerprint density at radius 1 is 0.850 bits per heavy atom. The van der Waals surface area contributed by atoms with E-state index in [0.717, 1.165) is 42.6 Å². The zero-order chi connectivity index (χ0) is 27.7. The minimum absolute atomic E-state index is 0.00234. The summed E-state index contributed by atoms with van der Waals surface area (Å²) >= 11 is 1.60. The number of hydrogen-bond donors (Lipinski definition) is 0. The van der Waals surface area contributed by atoms with E-state index in [1.165, 1.54) is 5.56 Å². The molecule has 0 saturated carbocycles. The van der Waals surface area contributed by atoms with Gasteiger partial charge in [-0.3, -0.25) is 14.5 Å². The smallest absolute Gasteiger partial charge is 0.258 e. The molecule has 2 amide bonds. The largest absolute Gasteiger partial charge is 0.495 e. The molecule has 5 nitrogen and oxygen atoms in total. The number of anilines is 2. The third kappa shape index (κ3) is 6.40. The van der Waals surface area contributed by atoms with Crippen molar-refractivity contribution in [3.8, 4) is 5.75 Å². The number of carbonyl (C=O) groups is 2. The molecule has 0 aliphatic carbocycles. The lowest BCUT2D eigenvalue weighted by Gasteiger charge is -2.27. The first-order valence-corrected chi connectivity index (χ1v) is 14.8. The number of hydrogen-bond acceptors (Lipinski definition) is 4. The van der Waals surface area contributed by atoms with Crippen LogP contribution in [0.1, 0.15) is 46.1 Å². The van der Waals surface area contributed by atoms with E-state index >= 15 is 0 Å². The van der Waals surface area contributed by atoms with Crippen LogP contribution >= 0.6 is 11.8 Å². The van der Waals surface area contributed by atoms with Gasteiger partial charge in [0.05, 0.1) is 18.6 Å². The second kappa shape index (κ2) is 13.4. The molecule has 1 aliphatic rings. The van der Waals surface area contributed by atoms with Gasteiger partial charge in [0.25, 0.3) is 5.91 Å². The first-order chi connectivity index (χ1) is 19.7. The molecule has 1 saturated heterocycles. The predicted octanol–water partition coefficient (Wildman–Crippen LogP) is 7.53. The molecule has 0 N–H and O–H groups in total. The van der Waals surface area contributed by atoms with Crippen LogP contribution in [0.25, 0.3) is 0 Å². The van der Waals surface area contributed by atoms with Gasteiger partial charge in [-0.1, -0.05) is 79.2 Å². The Hall–Kier alpha value is -4.03. The highest BCUT2D eigenvalue weighted by atomic mass is 32.2. The molecule has 1 fully saturated rings. The molecular weight excluding hydrogens is 516 g/mol.